The van der Waals surface area contributed by atoms with E-state index >= 15 is 0 Å². The molecule has 2 bridgehead atoms. The van der Waals surface area contributed by atoms with Crippen LogP contribution in [0.1, 0.15) is 13.3 Å². The number of ether oxygens (including phenoxy) is 3. The molecule has 3 saturated heterocycles. The first-order valence-electron chi connectivity index (χ1n) is 6.40. The van der Waals surface area contributed by atoms with Crippen molar-refractivity contribution in [2.45, 2.75) is 43.0 Å². The quantitative estimate of drug-likeness (QED) is 0.322. The Kier molecular flexibility index (Phi) is 3.74. The van der Waals surface area contributed by atoms with Crippen LogP contribution in [0.3, 0.4) is 0 Å². The molecule has 114 valence electrons. The summed E-state index contributed by atoms with van der Waals surface area (Å²) in [5.41, 5.74) is 0. The molecule has 6 unspecified atom stereocenters. The summed E-state index contributed by atoms with van der Waals surface area (Å²) >= 11 is 4.01. The van der Waals surface area contributed by atoms with E-state index in [1.54, 1.807) is 6.92 Å². The maximum absolute atomic E-state index is 11.7. The van der Waals surface area contributed by atoms with Gasteiger partial charge in [-0.15, -0.1) is 0 Å². The highest BCUT2D eigenvalue weighted by Crippen LogP contribution is 2.47. The molecule has 6 atom stereocenters. The van der Waals surface area contributed by atoms with Crippen molar-refractivity contribution >= 4 is 28.7 Å². The van der Waals surface area contributed by atoms with Gasteiger partial charge < -0.3 is 14.2 Å². The van der Waals surface area contributed by atoms with Crippen LogP contribution in [0, 0.1) is 5.92 Å². The Balaban J connectivity index is 1.55. The molecule has 0 aromatic heterocycles. The monoisotopic (exact) mass is 324 g/mol. The van der Waals surface area contributed by atoms with Gasteiger partial charge >= 0.3 is 5.97 Å². The second-order valence-electron chi connectivity index (χ2n) is 5.26. The molecule has 0 spiro atoms. The van der Waals surface area contributed by atoms with Crippen LogP contribution in [0.25, 0.3) is 0 Å². The number of carbonyl (C=O) groups is 1. The smallest absolute Gasteiger partial charge is 0.311 e. The Morgan fingerprint density at radius 2 is 2.20 bits per heavy atom. The molecule has 3 aliphatic rings. The number of fused-ring (bicyclic) bond motifs is 1. The first-order chi connectivity index (χ1) is 9.44. The zero-order valence-corrected chi connectivity index (χ0v) is 12.5. The number of hydrogen-bond donors (Lipinski definition) is 1. The molecule has 3 heterocycles. The van der Waals surface area contributed by atoms with Crippen LogP contribution in [-0.4, -0.2) is 56.6 Å². The summed E-state index contributed by atoms with van der Waals surface area (Å²) in [6.45, 7) is 1.46. The van der Waals surface area contributed by atoms with Crippen LogP contribution >= 0.6 is 12.6 Å². The van der Waals surface area contributed by atoms with Gasteiger partial charge in [0.2, 0.25) is 0 Å². The fraction of sp³-hybridized carbons (Fsp3) is 0.909. The third-order valence-corrected chi connectivity index (χ3v) is 6.17. The van der Waals surface area contributed by atoms with E-state index < -0.39 is 39.6 Å². The molecule has 0 aromatic carbocycles. The summed E-state index contributed by atoms with van der Waals surface area (Å²) < 4.78 is 44.4. The van der Waals surface area contributed by atoms with E-state index in [2.05, 4.69) is 12.6 Å². The maximum atomic E-state index is 11.7. The molecule has 3 fully saturated rings. The van der Waals surface area contributed by atoms with Crippen molar-refractivity contribution in [3.05, 3.63) is 0 Å². The van der Waals surface area contributed by atoms with Gasteiger partial charge in [0.25, 0.3) is 10.1 Å². The first-order valence-corrected chi connectivity index (χ1v) is 8.51. The highest BCUT2D eigenvalue weighted by atomic mass is 32.2. The summed E-state index contributed by atoms with van der Waals surface area (Å²) in [5.74, 6) is -0.325. The molecule has 0 aliphatic carbocycles. The molecule has 0 aromatic rings. The Labute approximate surface area is 122 Å². The number of esters is 1. The molecule has 0 radical (unpaired) electrons. The predicted octanol–water partition coefficient (Wildman–Crippen LogP) is -0.294. The maximum Gasteiger partial charge on any atom is 0.311 e. The molecule has 20 heavy (non-hydrogen) atoms. The van der Waals surface area contributed by atoms with Crippen LogP contribution in [-0.2, 0) is 33.3 Å². The molecule has 0 N–H and O–H groups in total. The van der Waals surface area contributed by atoms with E-state index in [0.29, 0.717) is 12.2 Å². The number of hydrogen-bond acceptors (Lipinski definition) is 8. The second-order valence-corrected chi connectivity index (χ2v) is 7.41. The molecule has 9 heteroatoms. The minimum Gasteiger partial charge on any atom is -0.438 e. The number of thiol groups is 1. The lowest BCUT2D eigenvalue weighted by Gasteiger charge is -2.22. The van der Waals surface area contributed by atoms with Crippen molar-refractivity contribution < 1.29 is 31.6 Å². The molecule has 7 nitrogen and oxygen atoms in total. The third kappa shape index (κ3) is 2.25. The summed E-state index contributed by atoms with van der Waals surface area (Å²) in [6.07, 6.45) is -1.53. The first kappa shape index (κ1) is 14.6. The topological polar surface area (TPSA) is 88.1 Å². The lowest BCUT2D eigenvalue weighted by molar-refractivity contribution is -0.169. The van der Waals surface area contributed by atoms with Crippen LogP contribution in [0.2, 0.25) is 0 Å². The lowest BCUT2D eigenvalue weighted by atomic mass is 9.94. The Bertz CT molecular complexity index is 505. The number of rotatable bonds is 5. The average Bonchev–Trinajstić information content (AvgIpc) is 3.01. The molecule has 3 rings (SSSR count). The standard InChI is InChI=1S/C11H16O7S2/c1-5(3-19)11(12)16-4-15-8-6-2-7-9(17-6)10(8)18-20(7,13)14/h5-10,19H,2-4H2,1H3. The van der Waals surface area contributed by atoms with Gasteiger partial charge in [0, 0.05) is 5.75 Å². The SMILES string of the molecule is CC(CS)C(=O)OCOC1C2CC3C(O2)C1OS3(=O)=O. The minimum absolute atomic E-state index is 0.237. The Morgan fingerprint density at radius 1 is 1.45 bits per heavy atom. The van der Waals surface area contributed by atoms with Crippen molar-refractivity contribution in [3.8, 4) is 0 Å². The second kappa shape index (κ2) is 5.13. The normalized spacial score (nSPS) is 41.8. The van der Waals surface area contributed by atoms with Crippen LogP contribution in [0.4, 0.5) is 0 Å². The van der Waals surface area contributed by atoms with Gasteiger partial charge in [-0.1, -0.05) is 6.92 Å². The zero-order valence-electron chi connectivity index (χ0n) is 10.8. The Hall–Kier alpha value is -0.350. The molecule has 3 aliphatic heterocycles. The van der Waals surface area contributed by atoms with Crippen LogP contribution < -0.4 is 0 Å². The van der Waals surface area contributed by atoms with Gasteiger partial charge in [-0.25, -0.2) is 0 Å². The van der Waals surface area contributed by atoms with Crippen molar-refractivity contribution in [3.63, 3.8) is 0 Å². The van der Waals surface area contributed by atoms with E-state index in [-0.39, 0.29) is 18.8 Å². The van der Waals surface area contributed by atoms with Gasteiger partial charge in [-0.3, -0.25) is 8.98 Å². The fourth-order valence-electron chi connectivity index (χ4n) is 2.81. The van der Waals surface area contributed by atoms with Crippen molar-refractivity contribution in [1.82, 2.24) is 0 Å². The molecular formula is C11H16O7S2. The molecular weight excluding hydrogens is 308 g/mol. The van der Waals surface area contributed by atoms with Crippen molar-refractivity contribution in [1.29, 1.82) is 0 Å². The van der Waals surface area contributed by atoms with Crippen LogP contribution in [0.5, 0.6) is 0 Å². The van der Waals surface area contributed by atoms with E-state index in [1.807, 2.05) is 0 Å². The fourth-order valence-corrected chi connectivity index (χ4v) is 4.61. The van der Waals surface area contributed by atoms with Crippen molar-refractivity contribution in [2.75, 3.05) is 12.5 Å². The largest absolute Gasteiger partial charge is 0.438 e. The molecule has 0 amide bonds. The Morgan fingerprint density at radius 3 is 2.90 bits per heavy atom. The highest BCUT2D eigenvalue weighted by Gasteiger charge is 2.66. The van der Waals surface area contributed by atoms with E-state index in [1.165, 1.54) is 0 Å². The lowest BCUT2D eigenvalue weighted by Crippen LogP contribution is -2.40. The predicted molar refractivity (Wildman–Crippen MR) is 69.7 cm³/mol. The number of carbonyl (C=O) groups excluding carboxylic acids is 1. The van der Waals surface area contributed by atoms with Gasteiger partial charge in [0.15, 0.2) is 6.79 Å². The van der Waals surface area contributed by atoms with Gasteiger partial charge in [-0.05, 0) is 6.42 Å². The van der Waals surface area contributed by atoms with Crippen molar-refractivity contribution in [2.24, 2.45) is 5.92 Å². The van der Waals surface area contributed by atoms with Gasteiger partial charge in [0.1, 0.15) is 23.6 Å². The average molecular weight is 324 g/mol. The summed E-state index contributed by atoms with van der Waals surface area (Å²) in [6, 6.07) is 0. The molecule has 0 saturated carbocycles. The van der Waals surface area contributed by atoms with Gasteiger partial charge in [-0.2, -0.15) is 21.0 Å². The summed E-state index contributed by atoms with van der Waals surface area (Å²) in [4.78, 5) is 11.5. The third-order valence-electron chi connectivity index (χ3n) is 3.93. The van der Waals surface area contributed by atoms with Gasteiger partial charge in [0.05, 0.1) is 12.0 Å². The van der Waals surface area contributed by atoms with E-state index in [9.17, 15) is 13.2 Å². The summed E-state index contributed by atoms with van der Waals surface area (Å²) in [7, 11) is -3.55. The van der Waals surface area contributed by atoms with E-state index in [0.717, 1.165) is 0 Å². The zero-order chi connectivity index (χ0) is 14.5. The minimum atomic E-state index is -3.55. The highest BCUT2D eigenvalue weighted by molar-refractivity contribution is 7.87. The van der Waals surface area contributed by atoms with E-state index in [4.69, 9.17) is 18.4 Å². The summed E-state index contributed by atoms with van der Waals surface area (Å²) in [5, 5.41) is -0.580. The van der Waals surface area contributed by atoms with Crippen LogP contribution in [0.15, 0.2) is 0 Å².